The van der Waals surface area contributed by atoms with Crippen LogP contribution in [0.4, 0.5) is 0 Å². The number of nitrogens with one attached hydrogen (secondary N) is 1. The molecule has 3 N–H and O–H groups in total. The van der Waals surface area contributed by atoms with Gasteiger partial charge in [0.1, 0.15) is 0 Å². The average molecular weight is 225 g/mol. The van der Waals surface area contributed by atoms with E-state index in [9.17, 15) is 9.59 Å². The Bertz CT molecular complexity index is 275. The fraction of sp³-hybridized carbons (Fsp3) is 0.818. The van der Waals surface area contributed by atoms with Crippen molar-refractivity contribution in [1.82, 2.24) is 10.2 Å². The van der Waals surface area contributed by atoms with Crippen molar-refractivity contribution in [3.05, 3.63) is 0 Å². The third-order valence-electron chi connectivity index (χ3n) is 3.47. The van der Waals surface area contributed by atoms with Crippen LogP contribution in [0.5, 0.6) is 0 Å². The summed E-state index contributed by atoms with van der Waals surface area (Å²) in [5.41, 5.74) is 5.80. The molecule has 0 radical (unpaired) electrons. The summed E-state index contributed by atoms with van der Waals surface area (Å²) in [4.78, 5) is 25.0. The summed E-state index contributed by atoms with van der Waals surface area (Å²) in [6.45, 7) is 2.04. The van der Waals surface area contributed by atoms with Crippen molar-refractivity contribution in [3.63, 3.8) is 0 Å². The van der Waals surface area contributed by atoms with E-state index in [1.807, 2.05) is 4.90 Å². The molecule has 90 valence electrons. The number of hydrogen-bond donors (Lipinski definition) is 2. The summed E-state index contributed by atoms with van der Waals surface area (Å²) in [5.74, 6) is 0.226. The van der Waals surface area contributed by atoms with Gasteiger partial charge in [-0.1, -0.05) is 0 Å². The maximum atomic E-state index is 12.1. The number of piperidine rings is 2. The second-order valence-electron chi connectivity index (χ2n) is 4.70. The van der Waals surface area contributed by atoms with Crippen LogP contribution in [0.15, 0.2) is 0 Å². The van der Waals surface area contributed by atoms with Gasteiger partial charge in [-0.25, -0.2) is 0 Å². The maximum Gasteiger partial charge on any atom is 0.227 e. The third-order valence-corrected chi connectivity index (χ3v) is 3.47. The first kappa shape index (κ1) is 11.4. The standard InChI is InChI=1S/C11H19N3O2/c12-9-3-5-14(6-4-9)11(16)8-1-2-10(15)13-7-8/h8-9H,1-7,12H2,(H,13,15). The molecule has 2 rings (SSSR count). The summed E-state index contributed by atoms with van der Waals surface area (Å²) in [7, 11) is 0. The van der Waals surface area contributed by atoms with Crippen LogP contribution in [0.2, 0.25) is 0 Å². The minimum atomic E-state index is -0.0213. The Morgan fingerprint density at radius 3 is 2.56 bits per heavy atom. The van der Waals surface area contributed by atoms with Crippen LogP contribution in [0.1, 0.15) is 25.7 Å². The molecule has 2 amide bonds. The van der Waals surface area contributed by atoms with E-state index in [0.29, 0.717) is 19.4 Å². The summed E-state index contributed by atoms with van der Waals surface area (Å²) in [6, 6.07) is 0.245. The zero-order valence-electron chi connectivity index (χ0n) is 9.45. The lowest BCUT2D eigenvalue weighted by atomic mass is 9.96. The average Bonchev–Trinajstić information content (AvgIpc) is 2.30. The van der Waals surface area contributed by atoms with E-state index in [1.54, 1.807) is 0 Å². The van der Waals surface area contributed by atoms with E-state index in [2.05, 4.69) is 5.32 Å². The van der Waals surface area contributed by atoms with Crippen LogP contribution < -0.4 is 11.1 Å². The number of likely N-dealkylation sites (tertiary alicyclic amines) is 1. The number of carbonyl (C=O) groups is 2. The highest BCUT2D eigenvalue weighted by Gasteiger charge is 2.29. The fourth-order valence-corrected chi connectivity index (χ4v) is 2.32. The van der Waals surface area contributed by atoms with Gasteiger partial charge in [0.05, 0.1) is 5.92 Å². The predicted octanol–water partition coefficient (Wildman–Crippen LogP) is -0.538. The lowest BCUT2D eigenvalue weighted by Crippen LogP contribution is -2.49. The highest BCUT2D eigenvalue weighted by Crippen LogP contribution is 2.17. The molecule has 16 heavy (non-hydrogen) atoms. The van der Waals surface area contributed by atoms with Crippen molar-refractivity contribution in [3.8, 4) is 0 Å². The monoisotopic (exact) mass is 225 g/mol. The first-order chi connectivity index (χ1) is 7.66. The van der Waals surface area contributed by atoms with Gasteiger partial charge in [-0.3, -0.25) is 9.59 Å². The molecule has 0 aliphatic carbocycles. The van der Waals surface area contributed by atoms with Gasteiger partial charge in [0, 0.05) is 32.1 Å². The van der Waals surface area contributed by atoms with E-state index in [1.165, 1.54) is 0 Å². The summed E-state index contributed by atoms with van der Waals surface area (Å²) in [6.07, 6.45) is 2.95. The van der Waals surface area contributed by atoms with Crippen molar-refractivity contribution in [2.45, 2.75) is 31.7 Å². The lowest BCUT2D eigenvalue weighted by Gasteiger charge is -2.34. The molecule has 0 aromatic rings. The third kappa shape index (κ3) is 2.52. The van der Waals surface area contributed by atoms with Crippen LogP contribution in [0.3, 0.4) is 0 Å². The SMILES string of the molecule is NC1CCN(C(=O)C2CCC(=O)NC2)CC1. The fourth-order valence-electron chi connectivity index (χ4n) is 2.32. The van der Waals surface area contributed by atoms with E-state index >= 15 is 0 Å². The molecule has 2 aliphatic heterocycles. The van der Waals surface area contributed by atoms with E-state index in [-0.39, 0.29) is 23.8 Å². The largest absolute Gasteiger partial charge is 0.355 e. The van der Waals surface area contributed by atoms with E-state index in [4.69, 9.17) is 5.73 Å². The van der Waals surface area contributed by atoms with Gasteiger partial charge in [0.25, 0.3) is 0 Å². The van der Waals surface area contributed by atoms with Crippen LogP contribution in [-0.4, -0.2) is 42.4 Å². The quantitative estimate of drug-likeness (QED) is 0.629. The van der Waals surface area contributed by atoms with Crippen molar-refractivity contribution >= 4 is 11.8 Å². The number of rotatable bonds is 1. The van der Waals surface area contributed by atoms with Gasteiger partial charge in [-0.05, 0) is 19.3 Å². The number of nitrogens with two attached hydrogens (primary N) is 1. The molecule has 2 heterocycles. The van der Waals surface area contributed by atoms with Gasteiger partial charge < -0.3 is 16.0 Å². The van der Waals surface area contributed by atoms with Gasteiger partial charge in [-0.15, -0.1) is 0 Å². The Labute approximate surface area is 95.3 Å². The smallest absolute Gasteiger partial charge is 0.227 e. The maximum absolute atomic E-state index is 12.1. The molecule has 2 aliphatic rings. The minimum Gasteiger partial charge on any atom is -0.355 e. The van der Waals surface area contributed by atoms with Crippen LogP contribution in [0, 0.1) is 5.92 Å². The highest BCUT2D eigenvalue weighted by atomic mass is 16.2. The Kier molecular flexibility index (Phi) is 3.43. The number of carbonyl (C=O) groups excluding carboxylic acids is 2. The Morgan fingerprint density at radius 2 is 2.00 bits per heavy atom. The normalized spacial score (nSPS) is 27.7. The Balaban J connectivity index is 1.85. The molecule has 0 aromatic heterocycles. The summed E-state index contributed by atoms with van der Waals surface area (Å²) < 4.78 is 0. The molecular weight excluding hydrogens is 206 g/mol. The first-order valence-corrected chi connectivity index (χ1v) is 5.98. The van der Waals surface area contributed by atoms with Crippen LogP contribution >= 0.6 is 0 Å². The zero-order chi connectivity index (χ0) is 11.5. The second kappa shape index (κ2) is 4.82. The molecule has 0 aromatic carbocycles. The molecular formula is C11H19N3O2. The Morgan fingerprint density at radius 1 is 1.31 bits per heavy atom. The van der Waals surface area contributed by atoms with Crippen molar-refractivity contribution in [2.24, 2.45) is 11.7 Å². The van der Waals surface area contributed by atoms with E-state index in [0.717, 1.165) is 25.9 Å². The van der Waals surface area contributed by atoms with Crippen LogP contribution in [0.25, 0.3) is 0 Å². The molecule has 0 saturated carbocycles. The second-order valence-corrected chi connectivity index (χ2v) is 4.70. The van der Waals surface area contributed by atoms with Crippen molar-refractivity contribution in [1.29, 1.82) is 0 Å². The van der Waals surface area contributed by atoms with Gasteiger partial charge >= 0.3 is 0 Å². The molecule has 2 fully saturated rings. The van der Waals surface area contributed by atoms with E-state index < -0.39 is 0 Å². The summed E-state index contributed by atoms with van der Waals surface area (Å²) in [5, 5.41) is 2.75. The lowest BCUT2D eigenvalue weighted by molar-refractivity contribution is -0.138. The van der Waals surface area contributed by atoms with Gasteiger partial charge in [0.15, 0.2) is 0 Å². The van der Waals surface area contributed by atoms with Crippen molar-refractivity contribution < 1.29 is 9.59 Å². The molecule has 1 atom stereocenters. The number of amides is 2. The van der Waals surface area contributed by atoms with Crippen molar-refractivity contribution in [2.75, 3.05) is 19.6 Å². The van der Waals surface area contributed by atoms with Crippen LogP contribution in [-0.2, 0) is 9.59 Å². The summed E-state index contributed by atoms with van der Waals surface area (Å²) >= 11 is 0. The molecule has 0 spiro atoms. The Hall–Kier alpha value is -1.10. The molecule has 5 heteroatoms. The molecule has 0 bridgehead atoms. The molecule has 1 unspecified atom stereocenters. The van der Waals surface area contributed by atoms with Gasteiger partial charge in [-0.2, -0.15) is 0 Å². The highest BCUT2D eigenvalue weighted by molar-refractivity contribution is 5.83. The first-order valence-electron chi connectivity index (χ1n) is 5.98. The van der Waals surface area contributed by atoms with Gasteiger partial charge in [0.2, 0.25) is 11.8 Å². The molecule has 5 nitrogen and oxygen atoms in total. The minimum absolute atomic E-state index is 0.0213. The predicted molar refractivity (Wildman–Crippen MR) is 59.5 cm³/mol. The number of nitrogens with zero attached hydrogens (tertiary/aromatic N) is 1. The molecule has 2 saturated heterocycles. The number of hydrogen-bond acceptors (Lipinski definition) is 3. The topological polar surface area (TPSA) is 75.4 Å². The zero-order valence-corrected chi connectivity index (χ0v) is 9.45.